The first kappa shape index (κ1) is 28.3. The van der Waals surface area contributed by atoms with Crippen molar-refractivity contribution in [2.75, 3.05) is 13.1 Å². The number of amides is 3. The van der Waals surface area contributed by atoms with Crippen molar-refractivity contribution in [1.82, 2.24) is 31.6 Å². The Morgan fingerprint density at radius 3 is 2.49 bits per heavy atom. The molecule has 0 aromatic carbocycles. The van der Waals surface area contributed by atoms with E-state index >= 15 is 0 Å². The van der Waals surface area contributed by atoms with Crippen molar-refractivity contribution in [3.8, 4) is 0 Å². The largest absolute Gasteiger partial charge is 0.349 e. The van der Waals surface area contributed by atoms with Gasteiger partial charge in [0.1, 0.15) is 12.1 Å². The van der Waals surface area contributed by atoms with E-state index in [1.54, 1.807) is 0 Å². The molecule has 5 N–H and O–H groups in total. The van der Waals surface area contributed by atoms with Gasteiger partial charge in [-0.3, -0.25) is 29.9 Å². The molecule has 37 heavy (non-hydrogen) atoms. The van der Waals surface area contributed by atoms with Gasteiger partial charge < -0.3 is 15.5 Å². The molecule has 4 aliphatic rings. The second-order valence-corrected chi connectivity index (χ2v) is 11.8. The molecule has 1 saturated carbocycles. The van der Waals surface area contributed by atoms with Crippen molar-refractivity contribution in [1.29, 1.82) is 0 Å². The summed E-state index contributed by atoms with van der Waals surface area (Å²) in [6.07, 6.45) is 11.2. The third-order valence-corrected chi connectivity index (χ3v) is 8.64. The number of hydroxylamine groups is 1. The maximum atomic E-state index is 13.4. The Balaban J connectivity index is 1.33. The number of nitrogens with one attached hydrogen (secondary N) is 5. The lowest BCUT2D eigenvalue weighted by atomic mass is 9.85. The summed E-state index contributed by atoms with van der Waals surface area (Å²) >= 11 is 0. The van der Waals surface area contributed by atoms with Crippen LogP contribution in [-0.4, -0.2) is 78.2 Å². The lowest BCUT2D eigenvalue weighted by molar-refractivity contribution is -0.139. The molecule has 0 radical (unpaired) electrons. The summed E-state index contributed by atoms with van der Waals surface area (Å²) < 4.78 is 0. The second-order valence-electron chi connectivity index (χ2n) is 11.8. The highest BCUT2D eigenvalue weighted by Gasteiger charge is 2.36. The van der Waals surface area contributed by atoms with Crippen LogP contribution in [0.25, 0.3) is 0 Å². The lowest BCUT2D eigenvalue weighted by Gasteiger charge is -2.34. The zero-order chi connectivity index (χ0) is 26.4. The summed E-state index contributed by atoms with van der Waals surface area (Å²) in [5.41, 5.74) is 2.74. The SMILES string of the molecule is CC1CC(C(=O)N[C@@H](CC(=O)N2CCCC[C@@H]2C)C(=O)N[C@@H](C)C2NCC(CC3CCCCC3)N2)NO1. The summed E-state index contributed by atoms with van der Waals surface area (Å²) in [5.74, 6) is 0.0517. The Bertz CT molecular complexity index is 791. The Kier molecular flexibility index (Phi) is 10.2. The zero-order valence-corrected chi connectivity index (χ0v) is 22.9. The van der Waals surface area contributed by atoms with Gasteiger partial charge in [-0.25, -0.2) is 0 Å². The van der Waals surface area contributed by atoms with Gasteiger partial charge in [0.05, 0.1) is 24.7 Å². The van der Waals surface area contributed by atoms with E-state index in [4.69, 9.17) is 4.84 Å². The van der Waals surface area contributed by atoms with Crippen molar-refractivity contribution in [3.05, 3.63) is 0 Å². The molecule has 4 fully saturated rings. The first-order valence-electron chi connectivity index (χ1n) is 14.6. The number of nitrogens with zero attached hydrogens (tertiary/aromatic N) is 1. The minimum atomic E-state index is -0.936. The quantitative estimate of drug-likeness (QED) is 0.311. The summed E-state index contributed by atoms with van der Waals surface area (Å²) in [4.78, 5) is 46.7. The highest BCUT2D eigenvalue weighted by Crippen LogP contribution is 2.28. The van der Waals surface area contributed by atoms with Crippen LogP contribution in [0.4, 0.5) is 0 Å². The lowest BCUT2D eigenvalue weighted by Crippen LogP contribution is -2.58. The molecule has 10 heteroatoms. The second kappa shape index (κ2) is 13.4. The Hall–Kier alpha value is -1.75. The monoisotopic (exact) mass is 520 g/mol. The number of likely N-dealkylation sites (tertiary alicyclic amines) is 1. The van der Waals surface area contributed by atoms with E-state index in [9.17, 15) is 14.4 Å². The molecule has 3 amide bonds. The molecule has 1 aliphatic carbocycles. The molecule has 4 rings (SSSR count). The van der Waals surface area contributed by atoms with E-state index in [1.165, 1.54) is 38.5 Å². The van der Waals surface area contributed by atoms with Gasteiger partial charge in [-0.1, -0.05) is 32.1 Å². The van der Waals surface area contributed by atoms with Gasteiger partial charge in [0, 0.05) is 31.6 Å². The average Bonchev–Trinajstić information content (AvgIpc) is 3.53. The first-order chi connectivity index (χ1) is 17.8. The Morgan fingerprint density at radius 2 is 1.78 bits per heavy atom. The number of piperidine rings is 1. The van der Waals surface area contributed by atoms with Gasteiger partial charge in [0.25, 0.3) is 0 Å². The van der Waals surface area contributed by atoms with Gasteiger partial charge in [-0.05, 0) is 52.4 Å². The third-order valence-electron chi connectivity index (χ3n) is 8.64. The van der Waals surface area contributed by atoms with Crippen LogP contribution in [0, 0.1) is 5.92 Å². The molecular formula is C27H48N6O4. The molecule has 3 aliphatic heterocycles. The molecular weight excluding hydrogens is 472 g/mol. The first-order valence-corrected chi connectivity index (χ1v) is 14.6. The Labute approximate surface area is 221 Å². The van der Waals surface area contributed by atoms with Crippen LogP contribution in [0.3, 0.4) is 0 Å². The van der Waals surface area contributed by atoms with E-state index < -0.39 is 12.1 Å². The van der Waals surface area contributed by atoms with Gasteiger partial charge in [-0.2, -0.15) is 5.48 Å². The van der Waals surface area contributed by atoms with Crippen LogP contribution in [-0.2, 0) is 19.2 Å². The Morgan fingerprint density at radius 1 is 1.03 bits per heavy atom. The van der Waals surface area contributed by atoms with Crippen LogP contribution in [0.1, 0.15) is 91.4 Å². The van der Waals surface area contributed by atoms with E-state index in [0.717, 1.165) is 31.7 Å². The van der Waals surface area contributed by atoms with E-state index in [2.05, 4.69) is 33.7 Å². The van der Waals surface area contributed by atoms with E-state index in [0.29, 0.717) is 19.0 Å². The van der Waals surface area contributed by atoms with E-state index in [1.807, 2.05) is 18.7 Å². The number of carbonyl (C=O) groups is 3. The highest BCUT2D eigenvalue weighted by molar-refractivity contribution is 5.93. The summed E-state index contributed by atoms with van der Waals surface area (Å²) in [7, 11) is 0. The normalized spacial score (nSPS) is 32.6. The fourth-order valence-electron chi connectivity index (χ4n) is 6.38. The number of carbonyl (C=O) groups excluding carboxylic acids is 3. The molecule has 0 aromatic heterocycles. The molecule has 210 valence electrons. The number of rotatable bonds is 9. The van der Waals surface area contributed by atoms with Crippen LogP contribution >= 0.6 is 0 Å². The zero-order valence-electron chi connectivity index (χ0n) is 22.9. The molecule has 3 saturated heterocycles. The number of hydrogen-bond donors (Lipinski definition) is 5. The topological polar surface area (TPSA) is 124 Å². The van der Waals surface area contributed by atoms with Gasteiger partial charge in [0.2, 0.25) is 17.7 Å². The highest BCUT2D eigenvalue weighted by atomic mass is 16.7. The molecule has 0 aromatic rings. The predicted octanol–water partition coefficient (Wildman–Crippen LogP) is 1.31. The predicted molar refractivity (Wildman–Crippen MR) is 141 cm³/mol. The smallest absolute Gasteiger partial charge is 0.243 e. The maximum absolute atomic E-state index is 13.4. The van der Waals surface area contributed by atoms with Crippen LogP contribution in [0.15, 0.2) is 0 Å². The minimum absolute atomic E-state index is 0.0440. The minimum Gasteiger partial charge on any atom is -0.349 e. The van der Waals surface area contributed by atoms with Crippen molar-refractivity contribution in [3.63, 3.8) is 0 Å². The molecule has 10 nitrogen and oxygen atoms in total. The third kappa shape index (κ3) is 7.88. The van der Waals surface area contributed by atoms with Crippen LogP contribution < -0.4 is 26.7 Å². The van der Waals surface area contributed by atoms with Gasteiger partial charge >= 0.3 is 0 Å². The standard InChI is InChI=1S/C27H48N6O4/c1-17-9-7-8-12-33(17)24(34)15-22(31-27(36)23-13-18(2)37-32-23)26(35)29-19(3)25-28-16-21(30-25)14-20-10-5-4-6-11-20/h17-23,25,28,30,32H,4-16H2,1-3H3,(H,29,35)(H,31,36)/t17-,18?,19-,21?,22-,23?,25?/m0/s1. The van der Waals surface area contributed by atoms with Crippen molar-refractivity contribution < 1.29 is 19.2 Å². The molecule has 3 heterocycles. The van der Waals surface area contributed by atoms with Crippen LogP contribution in [0.2, 0.25) is 0 Å². The van der Waals surface area contributed by atoms with Gasteiger partial charge in [-0.15, -0.1) is 0 Å². The van der Waals surface area contributed by atoms with E-state index in [-0.39, 0.29) is 48.5 Å². The summed E-state index contributed by atoms with van der Waals surface area (Å²) in [6, 6.07) is -1.11. The van der Waals surface area contributed by atoms with Crippen molar-refractivity contribution in [2.24, 2.45) is 5.92 Å². The fourth-order valence-corrected chi connectivity index (χ4v) is 6.38. The molecule has 7 atom stereocenters. The van der Waals surface area contributed by atoms with Gasteiger partial charge in [0.15, 0.2) is 0 Å². The van der Waals surface area contributed by atoms with Crippen LogP contribution in [0.5, 0.6) is 0 Å². The number of hydrogen-bond acceptors (Lipinski definition) is 7. The summed E-state index contributed by atoms with van der Waals surface area (Å²) in [6.45, 7) is 7.49. The molecule has 0 spiro atoms. The fraction of sp³-hybridized carbons (Fsp3) is 0.889. The summed E-state index contributed by atoms with van der Waals surface area (Å²) in [5, 5.41) is 13.1. The van der Waals surface area contributed by atoms with Crippen molar-refractivity contribution >= 4 is 17.7 Å². The van der Waals surface area contributed by atoms with Crippen molar-refractivity contribution in [2.45, 2.75) is 134 Å². The molecule has 0 bridgehead atoms. The molecule has 4 unspecified atom stereocenters. The maximum Gasteiger partial charge on any atom is 0.243 e. The average molecular weight is 521 g/mol.